The first-order valence-electron chi connectivity index (χ1n) is 8.43. The van der Waals surface area contributed by atoms with Crippen LogP contribution in [0.4, 0.5) is 0 Å². The Labute approximate surface area is 146 Å². The van der Waals surface area contributed by atoms with E-state index in [0.29, 0.717) is 37.8 Å². The van der Waals surface area contributed by atoms with E-state index < -0.39 is 0 Å². The van der Waals surface area contributed by atoms with Crippen LogP contribution in [0.2, 0.25) is 0 Å². The highest BCUT2D eigenvalue weighted by Gasteiger charge is 2.54. The van der Waals surface area contributed by atoms with Gasteiger partial charge >= 0.3 is 0 Å². The monoisotopic (exact) mass is 340 g/mol. The number of carbonyl (C=O) groups excluding carboxylic acids is 1. The predicted molar refractivity (Wildman–Crippen MR) is 88.6 cm³/mol. The van der Waals surface area contributed by atoms with Crippen molar-refractivity contribution in [2.24, 2.45) is 5.92 Å². The maximum atomic E-state index is 12.4. The molecule has 2 fully saturated rings. The van der Waals surface area contributed by atoms with Gasteiger partial charge in [-0.05, 0) is 30.2 Å². The van der Waals surface area contributed by atoms with E-state index in [4.69, 9.17) is 9.47 Å². The average molecular weight is 340 g/mol. The Bertz CT molecular complexity index is 720. The van der Waals surface area contributed by atoms with E-state index in [1.165, 1.54) is 12.4 Å². The minimum Gasteiger partial charge on any atom is -0.376 e. The van der Waals surface area contributed by atoms with Crippen molar-refractivity contribution in [1.82, 2.24) is 20.1 Å². The Morgan fingerprint density at radius 3 is 2.84 bits per heavy atom. The largest absolute Gasteiger partial charge is 0.376 e. The van der Waals surface area contributed by atoms with E-state index in [-0.39, 0.29) is 11.5 Å². The smallest absolute Gasteiger partial charge is 0.255 e. The molecule has 0 unspecified atom stereocenters. The zero-order chi connectivity index (χ0) is 17.1. The topological polar surface area (TPSA) is 77.4 Å². The van der Waals surface area contributed by atoms with Crippen LogP contribution in [0.5, 0.6) is 0 Å². The number of nitrogens with zero attached hydrogens (tertiary/aromatic N) is 4. The van der Waals surface area contributed by atoms with Gasteiger partial charge in [-0.3, -0.25) is 9.78 Å². The highest BCUT2D eigenvalue weighted by Crippen LogP contribution is 2.40. The van der Waals surface area contributed by atoms with Crippen LogP contribution in [-0.2, 0) is 16.1 Å². The molecule has 1 amide bonds. The molecular formula is C18H20N4O3. The molecule has 2 aromatic heterocycles. The Hall–Kier alpha value is -2.38. The van der Waals surface area contributed by atoms with Gasteiger partial charge in [0.25, 0.3) is 5.91 Å². The zero-order valence-corrected chi connectivity index (χ0v) is 13.9. The van der Waals surface area contributed by atoms with Crippen molar-refractivity contribution in [3.05, 3.63) is 54.1 Å². The van der Waals surface area contributed by atoms with Crippen LogP contribution in [0.1, 0.15) is 22.3 Å². The third-order valence-corrected chi connectivity index (χ3v) is 4.97. The van der Waals surface area contributed by atoms with Crippen molar-refractivity contribution in [2.75, 3.05) is 26.3 Å². The van der Waals surface area contributed by atoms with Gasteiger partial charge in [-0.25, -0.2) is 0 Å². The highest BCUT2D eigenvalue weighted by atomic mass is 16.5. The number of pyridine rings is 1. The Balaban J connectivity index is 1.31. The van der Waals surface area contributed by atoms with Crippen molar-refractivity contribution in [3.63, 3.8) is 0 Å². The second-order valence-electron chi connectivity index (χ2n) is 6.56. The van der Waals surface area contributed by atoms with Gasteiger partial charge in [0.1, 0.15) is 5.60 Å². The van der Waals surface area contributed by atoms with Gasteiger partial charge in [-0.2, -0.15) is 10.2 Å². The van der Waals surface area contributed by atoms with Crippen molar-refractivity contribution >= 4 is 5.91 Å². The van der Waals surface area contributed by atoms with Crippen LogP contribution in [-0.4, -0.2) is 57.9 Å². The standard InChI is InChI=1S/C18H20N4O3/c23-17(15-3-7-20-21-9-15)22-12-18(13-22)16(4-8-25-18)11-24-10-14-1-5-19-6-2-14/h1-3,5-7,9,16H,4,8,10-13H2/t16-/m1/s1. The van der Waals surface area contributed by atoms with Gasteiger partial charge in [-0.1, -0.05) is 0 Å². The summed E-state index contributed by atoms with van der Waals surface area (Å²) in [6, 6.07) is 5.59. The number of hydrogen-bond acceptors (Lipinski definition) is 6. The van der Waals surface area contributed by atoms with Crippen LogP contribution in [0.25, 0.3) is 0 Å². The van der Waals surface area contributed by atoms with Crippen LogP contribution >= 0.6 is 0 Å². The molecule has 2 saturated heterocycles. The fraction of sp³-hybridized carbons (Fsp3) is 0.444. The third-order valence-electron chi connectivity index (χ3n) is 4.97. The number of ether oxygens (including phenoxy) is 2. The summed E-state index contributed by atoms with van der Waals surface area (Å²) in [7, 11) is 0. The second kappa shape index (κ2) is 6.85. The molecule has 2 aromatic rings. The lowest BCUT2D eigenvalue weighted by Gasteiger charge is -2.50. The molecule has 0 aliphatic carbocycles. The lowest BCUT2D eigenvalue weighted by Crippen LogP contribution is -2.66. The first-order chi connectivity index (χ1) is 12.3. The van der Waals surface area contributed by atoms with E-state index in [2.05, 4.69) is 15.2 Å². The minimum absolute atomic E-state index is 0.0209. The number of amides is 1. The molecule has 7 nitrogen and oxygen atoms in total. The summed E-state index contributed by atoms with van der Waals surface area (Å²) < 4.78 is 11.9. The number of aromatic nitrogens is 3. The van der Waals surface area contributed by atoms with Crippen molar-refractivity contribution in [3.8, 4) is 0 Å². The molecule has 0 bridgehead atoms. The molecule has 25 heavy (non-hydrogen) atoms. The van der Waals surface area contributed by atoms with Gasteiger partial charge in [-0.15, -0.1) is 0 Å². The zero-order valence-electron chi connectivity index (χ0n) is 13.9. The fourth-order valence-electron chi connectivity index (χ4n) is 3.51. The minimum atomic E-state index is -0.256. The Morgan fingerprint density at radius 1 is 1.24 bits per heavy atom. The summed E-state index contributed by atoms with van der Waals surface area (Å²) in [6.07, 6.45) is 7.53. The fourth-order valence-corrected chi connectivity index (χ4v) is 3.51. The maximum Gasteiger partial charge on any atom is 0.255 e. The Kier molecular flexibility index (Phi) is 4.42. The Morgan fingerprint density at radius 2 is 2.08 bits per heavy atom. The van der Waals surface area contributed by atoms with Crippen LogP contribution in [0.15, 0.2) is 43.0 Å². The summed E-state index contributed by atoms with van der Waals surface area (Å²) in [5, 5.41) is 7.47. The number of carbonyl (C=O) groups is 1. The van der Waals surface area contributed by atoms with Gasteiger partial charge in [0.2, 0.25) is 0 Å². The van der Waals surface area contributed by atoms with Gasteiger partial charge in [0, 0.05) is 24.9 Å². The van der Waals surface area contributed by atoms with Crippen LogP contribution < -0.4 is 0 Å². The summed E-state index contributed by atoms with van der Waals surface area (Å²) in [5.41, 5.74) is 1.42. The average Bonchev–Trinajstić information content (AvgIpc) is 3.05. The lowest BCUT2D eigenvalue weighted by molar-refractivity contribution is -0.129. The molecular weight excluding hydrogens is 320 g/mol. The predicted octanol–water partition coefficient (Wildman–Crippen LogP) is 1.32. The molecule has 1 atom stereocenters. The van der Waals surface area contributed by atoms with Crippen molar-refractivity contribution in [1.29, 1.82) is 0 Å². The molecule has 2 aliphatic heterocycles. The molecule has 130 valence electrons. The van der Waals surface area contributed by atoms with Crippen LogP contribution in [0.3, 0.4) is 0 Å². The van der Waals surface area contributed by atoms with Gasteiger partial charge in [0.05, 0.1) is 44.3 Å². The quantitative estimate of drug-likeness (QED) is 0.817. The van der Waals surface area contributed by atoms with Gasteiger partial charge < -0.3 is 14.4 Å². The SMILES string of the molecule is O=C(c1ccnnc1)N1CC2(C1)OCC[C@@H]2COCc1ccncc1. The van der Waals surface area contributed by atoms with E-state index in [9.17, 15) is 4.79 Å². The number of hydrogen-bond donors (Lipinski definition) is 0. The van der Waals surface area contributed by atoms with E-state index >= 15 is 0 Å². The molecule has 2 aliphatic rings. The molecule has 0 radical (unpaired) electrons. The molecule has 4 heterocycles. The normalized spacial score (nSPS) is 21.3. The molecule has 1 spiro atoms. The number of likely N-dealkylation sites (tertiary alicyclic amines) is 1. The number of rotatable bonds is 5. The third kappa shape index (κ3) is 3.25. The van der Waals surface area contributed by atoms with E-state index in [0.717, 1.165) is 18.6 Å². The summed E-state index contributed by atoms with van der Waals surface area (Å²) in [4.78, 5) is 18.2. The highest BCUT2D eigenvalue weighted by molar-refractivity contribution is 5.94. The lowest BCUT2D eigenvalue weighted by atomic mass is 9.81. The summed E-state index contributed by atoms with van der Waals surface area (Å²) >= 11 is 0. The first-order valence-corrected chi connectivity index (χ1v) is 8.43. The van der Waals surface area contributed by atoms with Crippen LogP contribution in [0, 0.1) is 5.92 Å². The van der Waals surface area contributed by atoms with Crippen molar-refractivity contribution in [2.45, 2.75) is 18.6 Å². The van der Waals surface area contributed by atoms with Crippen molar-refractivity contribution < 1.29 is 14.3 Å². The first kappa shape index (κ1) is 16.1. The van der Waals surface area contributed by atoms with E-state index in [1.807, 2.05) is 12.1 Å². The van der Waals surface area contributed by atoms with Gasteiger partial charge in [0.15, 0.2) is 0 Å². The summed E-state index contributed by atoms with van der Waals surface area (Å²) in [6.45, 7) is 3.15. The molecule has 7 heteroatoms. The molecule has 0 N–H and O–H groups in total. The van der Waals surface area contributed by atoms with E-state index in [1.54, 1.807) is 23.4 Å². The molecule has 0 saturated carbocycles. The summed E-state index contributed by atoms with van der Waals surface area (Å²) in [5.74, 6) is 0.293. The molecule has 4 rings (SSSR count). The maximum absolute atomic E-state index is 12.4. The molecule has 0 aromatic carbocycles. The second-order valence-corrected chi connectivity index (χ2v) is 6.56.